The van der Waals surface area contributed by atoms with Crippen LogP contribution in [0.25, 0.3) is 0 Å². The summed E-state index contributed by atoms with van der Waals surface area (Å²) in [6, 6.07) is 24.5. The maximum atomic E-state index is 3.85. The molecule has 0 saturated heterocycles. The van der Waals surface area contributed by atoms with Crippen molar-refractivity contribution in [2.24, 2.45) is 0 Å². The molecule has 1 nitrogen and oxygen atoms in total. The minimum absolute atomic E-state index is 1.26. The second-order valence-corrected chi connectivity index (χ2v) is 4.83. The van der Waals surface area contributed by atoms with Gasteiger partial charge in [0.25, 0.3) is 0 Å². The Labute approximate surface area is 128 Å². The Bertz CT molecular complexity index is 485. The second-order valence-electron chi connectivity index (χ2n) is 4.83. The lowest BCUT2D eigenvalue weighted by atomic mass is 10.2. The van der Waals surface area contributed by atoms with Crippen LogP contribution in [0.5, 0.6) is 0 Å². The van der Waals surface area contributed by atoms with Crippen LogP contribution in [0.1, 0.15) is 16.7 Å². The van der Waals surface area contributed by atoms with Crippen LogP contribution in [-0.4, -0.2) is 4.98 Å². The first-order chi connectivity index (χ1) is 10.2. The molecule has 1 aromatic heterocycles. The summed E-state index contributed by atoms with van der Waals surface area (Å²) in [7, 11) is 0. The third-order valence-corrected chi connectivity index (χ3v) is 2.73. The lowest BCUT2D eigenvalue weighted by molar-refractivity contribution is 1.29. The summed E-state index contributed by atoms with van der Waals surface area (Å²) in [5.74, 6) is 0. The van der Waals surface area contributed by atoms with Crippen molar-refractivity contribution in [3.63, 3.8) is 0 Å². The van der Waals surface area contributed by atoms with E-state index in [1.165, 1.54) is 16.7 Å². The van der Waals surface area contributed by atoms with E-state index in [9.17, 15) is 0 Å². The van der Waals surface area contributed by atoms with E-state index in [1.807, 2.05) is 55.5 Å². The van der Waals surface area contributed by atoms with E-state index >= 15 is 0 Å². The molecule has 0 aliphatic carbocycles. The van der Waals surface area contributed by atoms with Crippen LogP contribution < -0.4 is 0 Å². The number of aromatic nitrogens is 1. The molecule has 0 fully saturated rings. The van der Waals surface area contributed by atoms with Gasteiger partial charge in [0.2, 0.25) is 0 Å². The molecule has 21 heavy (non-hydrogen) atoms. The van der Waals surface area contributed by atoms with Crippen molar-refractivity contribution >= 4 is 0 Å². The van der Waals surface area contributed by atoms with E-state index in [4.69, 9.17) is 0 Å². The van der Waals surface area contributed by atoms with Crippen molar-refractivity contribution in [3.05, 3.63) is 102 Å². The highest BCUT2D eigenvalue weighted by Crippen LogP contribution is 1.93. The number of nitrogens with zero attached hydrogens (tertiary/aromatic N) is 1. The molecular formula is C20H23N. The monoisotopic (exact) mass is 277 g/mol. The number of hydrogen-bond acceptors (Lipinski definition) is 1. The molecule has 0 aliphatic heterocycles. The van der Waals surface area contributed by atoms with E-state index in [0.29, 0.717) is 0 Å². The normalized spacial score (nSPS) is 8.71. The van der Waals surface area contributed by atoms with Crippen LogP contribution >= 0.6 is 0 Å². The van der Waals surface area contributed by atoms with Gasteiger partial charge in [0, 0.05) is 12.4 Å². The second kappa shape index (κ2) is 10.4. The predicted octanol–water partition coefficient (Wildman–Crippen LogP) is 5.38. The van der Waals surface area contributed by atoms with Crippen LogP contribution in [0.4, 0.5) is 0 Å². The van der Waals surface area contributed by atoms with Gasteiger partial charge in [-0.1, -0.05) is 71.8 Å². The standard InChI is InChI=1S/2C7H8.C6H7N/c2*1-7-5-3-2-4-6-7;1-6-2-4-7-5-3-6/h2*2-6H,1H3;2-5H,1H3. The Morgan fingerprint density at radius 2 is 0.810 bits per heavy atom. The Hall–Kier alpha value is -2.41. The third-order valence-electron chi connectivity index (χ3n) is 2.73. The van der Waals surface area contributed by atoms with E-state index < -0.39 is 0 Å². The van der Waals surface area contributed by atoms with Crippen molar-refractivity contribution in [2.75, 3.05) is 0 Å². The molecule has 0 atom stereocenters. The highest BCUT2D eigenvalue weighted by molar-refractivity contribution is 5.12. The van der Waals surface area contributed by atoms with E-state index in [-0.39, 0.29) is 0 Å². The smallest absolute Gasteiger partial charge is 0.0270 e. The van der Waals surface area contributed by atoms with Crippen LogP contribution in [0.15, 0.2) is 85.2 Å². The van der Waals surface area contributed by atoms with Crippen LogP contribution in [-0.2, 0) is 0 Å². The molecule has 0 spiro atoms. The third kappa shape index (κ3) is 9.17. The van der Waals surface area contributed by atoms with Crippen molar-refractivity contribution < 1.29 is 0 Å². The molecule has 0 N–H and O–H groups in total. The van der Waals surface area contributed by atoms with E-state index in [1.54, 1.807) is 12.4 Å². The quantitative estimate of drug-likeness (QED) is 0.537. The molecule has 3 rings (SSSR count). The maximum Gasteiger partial charge on any atom is 0.0270 e. The Kier molecular flexibility index (Phi) is 8.23. The molecule has 108 valence electrons. The van der Waals surface area contributed by atoms with E-state index in [2.05, 4.69) is 43.1 Å². The molecule has 1 heterocycles. The van der Waals surface area contributed by atoms with Gasteiger partial charge >= 0.3 is 0 Å². The molecule has 0 radical (unpaired) electrons. The number of aryl methyl sites for hydroxylation is 3. The fourth-order valence-electron chi connectivity index (χ4n) is 1.50. The minimum atomic E-state index is 1.26. The molecule has 0 unspecified atom stereocenters. The van der Waals surface area contributed by atoms with Crippen LogP contribution in [0.3, 0.4) is 0 Å². The van der Waals surface area contributed by atoms with Gasteiger partial charge in [-0.3, -0.25) is 4.98 Å². The van der Waals surface area contributed by atoms with Crippen molar-refractivity contribution in [1.82, 2.24) is 4.98 Å². The van der Waals surface area contributed by atoms with Crippen LogP contribution in [0, 0.1) is 20.8 Å². The van der Waals surface area contributed by atoms with Crippen molar-refractivity contribution in [1.29, 1.82) is 0 Å². The van der Waals surface area contributed by atoms with Gasteiger partial charge in [0.15, 0.2) is 0 Å². The van der Waals surface area contributed by atoms with Gasteiger partial charge in [-0.25, -0.2) is 0 Å². The lowest BCUT2D eigenvalue weighted by Crippen LogP contribution is -1.68. The Morgan fingerprint density at radius 1 is 0.476 bits per heavy atom. The van der Waals surface area contributed by atoms with Gasteiger partial charge in [-0.15, -0.1) is 0 Å². The molecule has 0 bridgehead atoms. The summed E-state index contributed by atoms with van der Waals surface area (Å²) in [5, 5.41) is 0. The summed E-state index contributed by atoms with van der Waals surface area (Å²) in [5.41, 5.74) is 3.90. The molecule has 0 saturated carbocycles. The number of hydrogen-bond donors (Lipinski definition) is 0. The summed E-state index contributed by atoms with van der Waals surface area (Å²) in [4.78, 5) is 3.85. The van der Waals surface area contributed by atoms with Crippen molar-refractivity contribution in [3.8, 4) is 0 Å². The lowest BCUT2D eigenvalue weighted by Gasteiger charge is -1.82. The first-order valence-corrected chi connectivity index (χ1v) is 7.08. The first-order valence-electron chi connectivity index (χ1n) is 7.08. The molecule has 3 aromatic rings. The molecule has 0 aliphatic rings. The number of rotatable bonds is 0. The van der Waals surface area contributed by atoms with Crippen molar-refractivity contribution in [2.45, 2.75) is 20.8 Å². The summed E-state index contributed by atoms with van der Waals surface area (Å²) >= 11 is 0. The van der Waals surface area contributed by atoms with Gasteiger partial charge in [0.05, 0.1) is 0 Å². The summed E-state index contributed by atoms with van der Waals surface area (Å²) < 4.78 is 0. The zero-order chi connectivity index (χ0) is 15.3. The zero-order valence-electron chi connectivity index (χ0n) is 13.0. The number of benzene rings is 2. The van der Waals surface area contributed by atoms with Gasteiger partial charge in [-0.05, 0) is 38.5 Å². The average molecular weight is 277 g/mol. The molecule has 2 aromatic carbocycles. The largest absolute Gasteiger partial charge is 0.265 e. The fraction of sp³-hybridized carbons (Fsp3) is 0.150. The Morgan fingerprint density at radius 3 is 1.00 bits per heavy atom. The molecule has 1 heteroatoms. The highest BCUT2D eigenvalue weighted by Gasteiger charge is 1.73. The zero-order valence-corrected chi connectivity index (χ0v) is 13.0. The highest BCUT2D eigenvalue weighted by atomic mass is 14.6. The van der Waals surface area contributed by atoms with Gasteiger partial charge in [-0.2, -0.15) is 0 Å². The topological polar surface area (TPSA) is 12.9 Å². The van der Waals surface area contributed by atoms with Gasteiger partial charge < -0.3 is 0 Å². The summed E-state index contributed by atoms with van der Waals surface area (Å²) in [6.45, 7) is 6.21. The summed E-state index contributed by atoms with van der Waals surface area (Å²) in [6.07, 6.45) is 3.57. The predicted molar refractivity (Wildman–Crippen MR) is 91.3 cm³/mol. The van der Waals surface area contributed by atoms with E-state index in [0.717, 1.165) is 0 Å². The van der Waals surface area contributed by atoms with Gasteiger partial charge in [0.1, 0.15) is 0 Å². The van der Waals surface area contributed by atoms with Crippen LogP contribution in [0.2, 0.25) is 0 Å². The number of pyridine rings is 1. The Balaban J connectivity index is 0.000000157. The minimum Gasteiger partial charge on any atom is -0.265 e. The molecular weight excluding hydrogens is 254 g/mol. The SMILES string of the molecule is Cc1ccccc1.Cc1ccccc1.Cc1ccncc1. The first kappa shape index (κ1) is 16.6. The maximum absolute atomic E-state index is 3.85. The fourth-order valence-corrected chi connectivity index (χ4v) is 1.50. The molecule has 0 amide bonds. The average Bonchev–Trinajstić information content (AvgIpc) is 2.51.